The average molecular weight is 286 g/mol. The quantitative estimate of drug-likeness (QED) is 0.504. The number of nitrogens with zero attached hydrogens (tertiary/aromatic N) is 2. The number of oxime groups is 1. The summed E-state index contributed by atoms with van der Waals surface area (Å²) in [6.45, 7) is 2.20. The fourth-order valence-corrected chi connectivity index (χ4v) is 1.91. The summed E-state index contributed by atoms with van der Waals surface area (Å²) < 4.78 is 11.0. The van der Waals surface area contributed by atoms with Crippen LogP contribution in [0.25, 0.3) is 0 Å². The molecule has 0 radical (unpaired) electrons. The second-order valence-electron chi connectivity index (χ2n) is 4.47. The Balaban J connectivity index is 2.10. The molecule has 0 aliphatic heterocycles. The summed E-state index contributed by atoms with van der Waals surface area (Å²) in [6, 6.07) is 11.2. The average Bonchev–Trinajstić information content (AvgIpc) is 2.55. The van der Waals surface area contributed by atoms with Crippen molar-refractivity contribution >= 4 is 5.71 Å². The van der Waals surface area contributed by atoms with Crippen LogP contribution in [0.3, 0.4) is 0 Å². The molecule has 0 bridgehead atoms. The SMILES string of the molecule is COc1ccc(/C(C)=N/O)c(OCCc2ccccn2)c1. The maximum atomic E-state index is 8.93. The predicted molar refractivity (Wildman–Crippen MR) is 80.4 cm³/mol. The Morgan fingerprint density at radius 1 is 1.29 bits per heavy atom. The predicted octanol–water partition coefficient (Wildman–Crippen LogP) is 2.91. The Morgan fingerprint density at radius 2 is 2.14 bits per heavy atom. The van der Waals surface area contributed by atoms with E-state index >= 15 is 0 Å². The maximum absolute atomic E-state index is 8.93. The lowest BCUT2D eigenvalue weighted by Crippen LogP contribution is -2.07. The van der Waals surface area contributed by atoms with Crippen LogP contribution in [-0.2, 0) is 6.42 Å². The lowest BCUT2D eigenvalue weighted by molar-refractivity contribution is 0.311. The molecule has 0 spiro atoms. The first-order chi connectivity index (χ1) is 10.2. The minimum atomic E-state index is 0.482. The number of benzene rings is 1. The number of methoxy groups -OCH3 is 1. The van der Waals surface area contributed by atoms with Gasteiger partial charge in [0, 0.05) is 29.9 Å². The van der Waals surface area contributed by atoms with Crippen LogP contribution in [0.2, 0.25) is 0 Å². The fourth-order valence-electron chi connectivity index (χ4n) is 1.91. The molecule has 1 N–H and O–H groups in total. The molecule has 0 fully saturated rings. The number of rotatable bonds is 6. The molecule has 0 aliphatic rings. The second-order valence-corrected chi connectivity index (χ2v) is 4.47. The van der Waals surface area contributed by atoms with Crippen molar-refractivity contribution < 1.29 is 14.7 Å². The van der Waals surface area contributed by atoms with Crippen molar-refractivity contribution in [2.45, 2.75) is 13.3 Å². The number of hydrogen-bond acceptors (Lipinski definition) is 5. The van der Waals surface area contributed by atoms with E-state index in [9.17, 15) is 0 Å². The molecule has 1 heterocycles. The van der Waals surface area contributed by atoms with Crippen LogP contribution >= 0.6 is 0 Å². The maximum Gasteiger partial charge on any atom is 0.132 e. The monoisotopic (exact) mass is 286 g/mol. The van der Waals surface area contributed by atoms with Crippen molar-refractivity contribution in [2.75, 3.05) is 13.7 Å². The van der Waals surface area contributed by atoms with Crippen molar-refractivity contribution in [1.82, 2.24) is 4.98 Å². The van der Waals surface area contributed by atoms with Crippen LogP contribution in [0.1, 0.15) is 18.2 Å². The van der Waals surface area contributed by atoms with Gasteiger partial charge in [-0.15, -0.1) is 0 Å². The highest BCUT2D eigenvalue weighted by Crippen LogP contribution is 2.25. The molecule has 0 saturated carbocycles. The van der Waals surface area contributed by atoms with Crippen LogP contribution in [0, 0.1) is 0 Å². The van der Waals surface area contributed by atoms with E-state index in [1.165, 1.54) is 0 Å². The van der Waals surface area contributed by atoms with Crippen molar-refractivity contribution in [1.29, 1.82) is 0 Å². The van der Waals surface area contributed by atoms with Crippen LogP contribution in [0.15, 0.2) is 47.8 Å². The molecule has 0 unspecified atom stereocenters. The number of ether oxygens (including phenoxy) is 2. The zero-order valence-corrected chi connectivity index (χ0v) is 12.1. The van der Waals surface area contributed by atoms with Gasteiger partial charge in [0.1, 0.15) is 11.5 Å². The first-order valence-corrected chi connectivity index (χ1v) is 6.64. The van der Waals surface area contributed by atoms with Gasteiger partial charge >= 0.3 is 0 Å². The summed E-state index contributed by atoms with van der Waals surface area (Å²) >= 11 is 0. The van der Waals surface area contributed by atoms with Crippen molar-refractivity contribution in [2.24, 2.45) is 5.16 Å². The molecule has 0 aliphatic carbocycles. The van der Waals surface area contributed by atoms with Gasteiger partial charge in [0.05, 0.1) is 19.4 Å². The highest BCUT2D eigenvalue weighted by molar-refractivity contribution is 6.00. The third kappa shape index (κ3) is 3.95. The highest BCUT2D eigenvalue weighted by atomic mass is 16.5. The summed E-state index contributed by atoms with van der Waals surface area (Å²) in [5.74, 6) is 1.32. The largest absolute Gasteiger partial charge is 0.497 e. The van der Waals surface area contributed by atoms with E-state index in [4.69, 9.17) is 14.7 Å². The summed E-state index contributed by atoms with van der Waals surface area (Å²) in [4.78, 5) is 4.25. The molecule has 0 saturated heterocycles. The minimum absolute atomic E-state index is 0.482. The molecule has 5 heteroatoms. The molecule has 5 nitrogen and oxygen atoms in total. The Kier molecular flexibility index (Phi) is 5.15. The summed E-state index contributed by atoms with van der Waals surface area (Å²) in [6.07, 6.45) is 2.46. The zero-order valence-electron chi connectivity index (χ0n) is 12.1. The summed E-state index contributed by atoms with van der Waals surface area (Å²) in [7, 11) is 1.60. The van der Waals surface area contributed by atoms with E-state index in [0.717, 1.165) is 11.3 Å². The molecular weight excluding hydrogens is 268 g/mol. The van der Waals surface area contributed by atoms with Gasteiger partial charge in [-0.1, -0.05) is 11.2 Å². The lowest BCUT2D eigenvalue weighted by Gasteiger charge is -2.12. The molecule has 2 aromatic rings. The Bertz CT molecular complexity index is 612. The third-order valence-electron chi connectivity index (χ3n) is 3.07. The van der Waals surface area contributed by atoms with E-state index < -0.39 is 0 Å². The van der Waals surface area contributed by atoms with Gasteiger partial charge in [0.15, 0.2) is 0 Å². The van der Waals surface area contributed by atoms with Crippen LogP contribution in [0.4, 0.5) is 0 Å². The van der Waals surface area contributed by atoms with Gasteiger partial charge < -0.3 is 14.7 Å². The van der Waals surface area contributed by atoms with E-state index in [0.29, 0.717) is 30.2 Å². The van der Waals surface area contributed by atoms with E-state index in [-0.39, 0.29) is 0 Å². The van der Waals surface area contributed by atoms with Crippen molar-refractivity contribution in [3.63, 3.8) is 0 Å². The van der Waals surface area contributed by atoms with Gasteiger partial charge in [-0.3, -0.25) is 4.98 Å². The second kappa shape index (κ2) is 7.28. The molecule has 1 aromatic carbocycles. The molecule has 0 atom stereocenters. The first-order valence-electron chi connectivity index (χ1n) is 6.64. The smallest absolute Gasteiger partial charge is 0.132 e. The van der Waals surface area contributed by atoms with E-state index in [1.54, 1.807) is 32.4 Å². The Labute approximate surface area is 123 Å². The highest BCUT2D eigenvalue weighted by Gasteiger charge is 2.09. The van der Waals surface area contributed by atoms with Gasteiger partial charge in [0.25, 0.3) is 0 Å². The third-order valence-corrected chi connectivity index (χ3v) is 3.07. The van der Waals surface area contributed by atoms with Gasteiger partial charge in [-0.05, 0) is 31.2 Å². The normalized spacial score (nSPS) is 11.2. The molecule has 21 heavy (non-hydrogen) atoms. The number of aromatic nitrogens is 1. The Hall–Kier alpha value is -2.56. The van der Waals surface area contributed by atoms with Gasteiger partial charge in [0.2, 0.25) is 0 Å². The van der Waals surface area contributed by atoms with Crippen LogP contribution in [0.5, 0.6) is 11.5 Å². The van der Waals surface area contributed by atoms with E-state index in [1.807, 2.05) is 24.3 Å². The van der Waals surface area contributed by atoms with Crippen LogP contribution < -0.4 is 9.47 Å². The molecule has 110 valence electrons. The van der Waals surface area contributed by atoms with Crippen LogP contribution in [-0.4, -0.2) is 29.6 Å². The van der Waals surface area contributed by atoms with Gasteiger partial charge in [-0.25, -0.2) is 0 Å². The number of hydrogen-bond donors (Lipinski definition) is 1. The molecule has 0 amide bonds. The fraction of sp³-hybridized carbons (Fsp3) is 0.250. The lowest BCUT2D eigenvalue weighted by atomic mass is 10.1. The van der Waals surface area contributed by atoms with E-state index in [2.05, 4.69) is 10.1 Å². The van der Waals surface area contributed by atoms with Crippen molar-refractivity contribution in [3.05, 3.63) is 53.9 Å². The minimum Gasteiger partial charge on any atom is -0.497 e. The summed E-state index contributed by atoms with van der Waals surface area (Å²) in [5.41, 5.74) is 2.19. The Morgan fingerprint density at radius 3 is 2.81 bits per heavy atom. The number of pyridine rings is 1. The first kappa shape index (κ1) is 14.8. The van der Waals surface area contributed by atoms with Gasteiger partial charge in [-0.2, -0.15) is 0 Å². The molecular formula is C16H18N2O3. The zero-order chi connectivity index (χ0) is 15.1. The molecule has 2 rings (SSSR count). The standard InChI is InChI=1S/C16H18N2O3/c1-12(18-19)15-7-6-14(20-2)11-16(15)21-10-8-13-5-3-4-9-17-13/h3-7,9,11,19H,8,10H2,1-2H3/b18-12+. The summed E-state index contributed by atoms with van der Waals surface area (Å²) in [5, 5.41) is 12.2. The van der Waals surface area contributed by atoms with Crippen molar-refractivity contribution in [3.8, 4) is 11.5 Å². The molecule has 1 aromatic heterocycles. The topological polar surface area (TPSA) is 63.9 Å².